The van der Waals surface area contributed by atoms with Gasteiger partial charge in [0, 0.05) is 16.9 Å². The second-order valence-corrected chi connectivity index (χ2v) is 18.3. The van der Waals surface area contributed by atoms with E-state index in [1.165, 1.54) is 89.0 Å². The minimum Gasteiger partial charge on any atom is -0.310 e. The fraction of sp³-hybridized carbons (Fsp3) is 0.0294. The molecule has 1 nitrogen and oxygen atoms in total. The summed E-state index contributed by atoms with van der Waals surface area (Å²) >= 11 is 0. The summed E-state index contributed by atoms with van der Waals surface area (Å²) < 4.78 is 0. The topological polar surface area (TPSA) is 3.24 Å². The zero-order valence-corrected chi connectivity index (χ0v) is 38.1. The second-order valence-electron chi connectivity index (χ2n) is 18.3. The molecule has 0 heterocycles. The van der Waals surface area contributed by atoms with Crippen LogP contribution in [0.4, 0.5) is 17.1 Å². The molecule has 1 heteroatoms. The first-order chi connectivity index (χ1) is 34.2. The highest BCUT2D eigenvalue weighted by molar-refractivity contribution is 5.99. The fourth-order valence-electron chi connectivity index (χ4n) is 12.0. The van der Waals surface area contributed by atoms with Gasteiger partial charge in [-0.2, -0.15) is 0 Å². The zero-order chi connectivity index (χ0) is 45.8. The van der Waals surface area contributed by atoms with Crippen molar-refractivity contribution in [2.24, 2.45) is 0 Å². The van der Waals surface area contributed by atoms with E-state index >= 15 is 0 Å². The van der Waals surface area contributed by atoms with E-state index in [9.17, 15) is 0 Å². The van der Waals surface area contributed by atoms with Crippen LogP contribution in [0.5, 0.6) is 0 Å². The monoisotopic (exact) mass is 877 g/mol. The average molecular weight is 878 g/mol. The molecule has 1 spiro atoms. The van der Waals surface area contributed by atoms with Crippen molar-refractivity contribution in [3.05, 3.63) is 330 Å². The van der Waals surface area contributed by atoms with E-state index in [4.69, 9.17) is 0 Å². The molecule has 0 amide bonds. The van der Waals surface area contributed by atoms with Crippen LogP contribution in [0.25, 0.3) is 44.5 Å². The van der Waals surface area contributed by atoms with Gasteiger partial charge in [0.1, 0.15) is 0 Å². The first-order valence-electron chi connectivity index (χ1n) is 24.0. The van der Waals surface area contributed by atoms with Crippen molar-refractivity contribution < 1.29 is 0 Å². The molecule has 2 aliphatic rings. The van der Waals surface area contributed by atoms with Gasteiger partial charge in [-0.15, -0.1) is 0 Å². The molecule has 324 valence electrons. The maximum Gasteiger partial charge on any atom is 0.0720 e. The molecule has 0 fully saturated rings. The number of hydrogen-bond donors (Lipinski definition) is 0. The molecule has 11 aromatic rings. The van der Waals surface area contributed by atoms with Gasteiger partial charge in [-0.1, -0.05) is 255 Å². The van der Waals surface area contributed by atoms with E-state index < -0.39 is 10.8 Å². The molecule has 0 N–H and O–H groups in total. The maximum absolute atomic E-state index is 2.48. The van der Waals surface area contributed by atoms with Gasteiger partial charge >= 0.3 is 0 Å². The van der Waals surface area contributed by atoms with E-state index in [-0.39, 0.29) is 0 Å². The summed E-state index contributed by atoms with van der Waals surface area (Å²) in [5.41, 5.74) is 22.2. The number of nitrogens with zero attached hydrogens (tertiary/aromatic N) is 1. The predicted octanol–water partition coefficient (Wildman–Crippen LogP) is 17.2. The van der Waals surface area contributed by atoms with E-state index in [0.717, 1.165) is 17.1 Å². The third-order valence-corrected chi connectivity index (χ3v) is 14.9. The highest BCUT2D eigenvalue weighted by Gasteiger charge is 2.57. The minimum atomic E-state index is -0.610. The summed E-state index contributed by atoms with van der Waals surface area (Å²) in [5, 5.41) is 0. The van der Waals surface area contributed by atoms with Gasteiger partial charge in [0.05, 0.1) is 16.5 Å². The van der Waals surface area contributed by atoms with Crippen LogP contribution in [0.1, 0.15) is 44.5 Å². The van der Waals surface area contributed by atoms with Crippen molar-refractivity contribution >= 4 is 17.1 Å². The van der Waals surface area contributed by atoms with Gasteiger partial charge in [-0.25, -0.2) is 0 Å². The lowest BCUT2D eigenvalue weighted by Gasteiger charge is -2.50. The fourth-order valence-corrected chi connectivity index (χ4v) is 12.0. The summed E-state index contributed by atoms with van der Waals surface area (Å²) in [7, 11) is 0. The molecular weight excluding hydrogens is 831 g/mol. The van der Waals surface area contributed by atoms with Crippen LogP contribution in [0.15, 0.2) is 285 Å². The van der Waals surface area contributed by atoms with Crippen LogP contribution in [0.2, 0.25) is 0 Å². The van der Waals surface area contributed by atoms with Crippen molar-refractivity contribution in [2.75, 3.05) is 4.90 Å². The number of anilines is 3. The first kappa shape index (κ1) is 40.5. The Balaban J connectivity index is 1.03. The van der Waals surface area contributed by atoms with E-state index in [1.807, 2.05) is 0 Å². The van der Waals surface area contributed by atoms with Crippen LogP contribution >= 0.6 is 0 Å². The molecule has 0 aromatic heterocycles. The Hall–Kier alpha value is -8.78. The Bertz CT molecular complexity index is 3530. The molecule has 0 saturated heterocycles. The lowest BCUT2D eigenvalue weighted by Crippen LogP contribution is -2.44. The standard InChI is InChI=1S/C68H47N/c1-5-20-48(21-6-1)50-36-38-51(39-37-50)53-42-46-57(47-43-53)69(56-44-40-52(41-45-56)49-22-7-2-8-23-49)65-35-19-34-64-66(65)58-28-13-14-29-59(58)68(64)62-32-17-15-30-60(62)67(54-24-9-3-10-25-54,55-26-11-4-12-27-55)61-31-16-18-33-63(61)68/h1-47H. The van der Waals surface area contributed by atoms with Crippen molar-refractivity contribution in [1.82, 2.24) is 0 Å². The number of rotatable bonds is 8. The normalized spacial score (nSPS) is 13.4. The zero-order valence-electron chi connectivity index (χ0n) is 38.1. The molecule has 13 rings (SSSR count). The molecule has 11 aromatic carbocycles. The molecule has 0 aliphatic heterocycles. The highest BCUT2D eigenvalue weighted by Crippen LogP contribution is 2.66. The molecule has 0 saturated carbocycles. The second kappa shape index (κ2) is 16.5. The third-order valence-electron chi connectivity index (χ3n) is 14.9. The number of hydrogen-bond acceptors (Lipinski definition) is 1. The van der Waals surface area contributed by atoms with Gasteiger partial charge in [-0.05, 0) is 114 Å². The smallest absolute Gasteiger partial charge is 0.0720 e. The summed E-state index contributed by atoms with van der Waals surface area (Å²) in [5.74, 6) is 0. The minimum absolute atomic E-state index is 0.563. The summed E-state index contributed by atoms with van der Waals surface area (Å²) in [6.07, 6.45) is 0. The maximum atomic E-state index is 2.48. The summed E-state index contributed by atoms with van der Waals surface area (Å²) in [4.78, 5) is 2.48. The first-order valence-corrected chi connectivity index (χ1v) is 24.0. The third kappa shape index (κ3) is 6.24. The van der Waals surface area contributed by atoms with Crippen molar-refractivity contribution in [2.45, 2.75) is 10.8 Å². The molecule has 0 radical (unpaired) electrons. The van der Waals surface area contributed by atoms with Gasteiger partial charge in [-0.3, -0.25) is 0 Å². The number of benzene rings is 11. The van der Waals surface area contributed by atoms with Crippen LogP contribution in [-0.4, -0.2) is 0 Å². The molecule has 2 aliphatic carbocycles. The van der Waals surface area contributed by atoms with Crippen molar-refractivity contribution in [1.29, 1.82) is 0 Å². The SMILES string of the molecule is c1ccc(-c2ccc(-c3ccc(N(c4ccc(-c5ccccc5)cc4)c4cccc5c4-c4ccccc4C54c5ccccc5C(c5ccccc5)(c5ccccc5)c5ccccc54)cc3)cc2)cc1. The predicted molar refractivity (Wildman–Crippen MR) is 287 cm³/mol. The highest BCUT2D eigenvalue weighted by atomic mass is 15.1. The van der Waals surface area contributed by atoms with Crippen molar-refractivity contribution in [3.8, 4) is 44.5 Å². The number of fused-ring (bicyclic) bond motifs is 9. The quantitative estimate of drug-likeness (QED) is 0.147. The van der Waals surface area contributed by atoms with Gasteiger partial charge in [0.15, 0.2) is 0 Å². The summed E-state index contributed by atoms with van der Waals surface area (Å²) in [6.45, 7) is 0. The molecule has 69 heavy (non-hydrogen) atoms. The van der Waals surface area contributed by atoms with Gasteiger partial charge in [0.2, 0.25) is 0 Å². The van der Waals surface area contributed by atoms with E-state index in [1.54, 1.807) is 0 Å². The summed E-state index contributed by atoms with van der Waals surface area (Å²) in [6, 6.07) is 106. The molecular formula is C68H47N. The van der Waals surface area contributed by atoms with Gasteiger partial charge in [0.25, 0.3) is 0 Å². The van der Waals surface area contributed by atoms with E-state index in [0.29, 0.717) is 0 Å². The molecule has 0 bridgehead atoms. The van der Waals surface area contributed by atoms with Crippen LogP contribution in [-0.2, 0) is 10.8 Å². The van der Waals surface area contributed by atoms with Crippen molar-refractivity contribution in [3.63, 3.8) is 0 Å². The molecule has 0 unspecified atom stereocenters. The lowest BCUT2D eigenvalue weighted by molar-refractivity contribution is 0.623. The van der Waals surface area contributed by atoms with Gasteiger partial charge < -0.3 is 4.90 Å². The average Bonchev–Trinajstić information content (AvgIpc) is 3.74. The Morgan fingerprint density at radius 3 is 0.971 bits per heavy atom. The lowest BCUT2D eigenvalue weighted by atomic mass is 9.51. The Morgan fingerprint density at radius 2 is 0.536 bits per heavy atom. The largest absolute Gasteiger partial charge is 0.310 e. The van der Waals surface area contributed by atoms with Crippen LogP contribution in [0, 0.1) is 0 Å². The molecule has 0 atom stereocenters. The Morgan fingerprint density at radius 1 is 0.217 bits per heavy atom. The Kier molecular flexibility index (Phi) is 9.70. The van der Waals surface area contributed by atoms with Crippen LogP contribution in [0.3, 0.4) is 0 Å². The van der Waals surface area contributed by atoms with Crippen LogP contribution < -0.4 is 4.90 Å². The Labute approximate surface area is 404 Å². The van der Waals surface area contributed by atoms with E-state index in [2.05, 4.69) is 290 Å².